The number of ether oxygens (including phenoxy) is 1. The van der Waals surface area contributed by atoms with Crippen molar-refractivity contribution in [1.82, 2.24) is 5.32 Å². The largest absolute Gasteiger partial charge is 0.375 e. The maximum atomic E-state index is 11.5. The van der Waals surface area contributed by atoms with E-state index in [4.69, 9.17) is 10.5 Å². The molecule has 0 heterocycles. The fraction of sp³-hybridized carbons (Fsp3) is 0.818. The fourth-order valence-corrected chi connectivity index (χ4v) is 2.20. The molecule has 1 aliphatic carbocycles. The van der Waals surface area contributed by atoms with E-state index in [9.17, 15) is 9.59 Å². The van der Waals surface area contributed by atoms with Crippen molar-refractivity contribution in [1.29, 1.82) is 0 Å². The van der Waals surface area contributed by atoms with Gasteiger partial charge in [-0.3, -0.25) is 9.59 Å². The average Bonchev–Trinajstić information content (AvgIpc) is 2.44. The van der Waals surface area contributed by atoms with Crippen LogP contribution in [0.2, 0.25) is 0 Å². The molecule has 92 valence electrons. The molecule has 1 saturated carbocycles. The Morgan fingerprint density at radius 1 is 1.25 bits per heavy atom. The van der Waals surface area contributed by atoms with Crippen LogP contribution in [0.4, 0.5) is 0 Å². The van der Waals surface area contributed by atoms with Gasteiger partial charge in [-0.1, -0.05) is 25.7 Å². The molecule has 0 atom stereocenters. The molecule has 3 N–H and O–H groups in total. The summed E-state index contributed by atoms with van der Waals surface area (Å²) >= 11 is 0. The molecule has 1 aliphatic rings. The number of primary amides is 1. The lowest BCUT2D eigenvalue weighted by Crippen LogP contribution is -2.57. The third-order valence-corrected chi connectivity index (χ3v) is 3.08. The highest BCUT2D eigenvalue weighted by Gasteiger charge is 2.38. The first-order chi connectivity index (χ1) is 7.60. The van der Waals surface area contributed by atoms with Gasteiger partial charge in [0.2, 0.25) is 11.8 Å². The second-order valence-corrected chi connectivity index (χ2v) is 4.34. The highest BCUT2D eigenvalue weighted by molar-refractivity contribution is 5.90. The molecule has 5 heteroatoms. The van der Waals surface area contributed by atoms with Gasteiger partial charge in [0.15, 0.2) is 0 Å². The van der Waals surface area contributed by atoms with Crippen LogP contribution in [0, 0.1) is 0 Å². The number of carbonyl (C=O) groups excluding carboxylic acids is 2. The van der Waals surface area contributed by atoms with E-state index in [2.05, 4.69) is 5.32 Å². The first-order valence-corrected chi connectivity index (χ1v) is 5.70. The zero-order chi connectivity index (χ0) is 12.0. The minimum absolute atomic E-state index is 0.0327. The first-order valence-electron chi connectivity index (χ1n) is 5.70. The van der Waals surface area contributed by atoms with Gasteiger partial charge in [-0.2, -0.15) is 0 Å². The molecular weight excluding hydrogens is 208 g/mol. The van der Waals surface area contributed by atoms with Gasteiger partial charge in [0.1, 0.15) is 12.1 Å². The van der Waals surface area contributed by atoms with Gasteiger partial charge in [0.25, 0.3) is 0 Å². The molecular formula is C11H20N2O3. The lowest BCUT2D eigenvalue weighted by molar-refractivity contribution is -0.134. The minimum atomic E-state index is -0.855. The Kier molecular flexibility index (Phi) is 4.73. The number of methoxy groups -OCH3 is 1. The molecule has 16 heavy (non-hydrogen) atoms. The van der Waals surface area contributed by atoms with Gasteiger partial charge in [0, 0.05) is 7.11 Å². The number of hydrogen-bond acceptors (Lipinski definition) is 3. The average molecular weight is 228 g/mol. The predicted molar refractivity (Wildman–Crippen MR) is 59.6 cm³/mol. The Morgan fingerprint density at radius 3 is 2.25 bits per heavy atom. The van der Waals surface area contributed by atoms with Crippen LogP contribution < -0.4 is 11.1 Å². The van der Waals surface area contributed by atoms with Crippen LogP contribution in [0.1, 0.15) is 38.5 Å². The molecule has 0 aliphatic heterocycles. The number of nitrogens with one attached hydrogen (secondary N) is 1. The second-order valence-electron chi connectivity index (χ2n) is 4.34. The van der Waals surface area contributed by atoms with E-state index in [1.54, 1.807) is 0 Å². The molecule has 0 aromatic heterocycles. The third kappa shape index (κ3) is 3.20. The maximum Gasteiger partial charge on any atom is 0.246 e. The maximum absolute atomic E-state index is 11.5. The van der Waals surface area contributed by atoms with E-state index in [-0.39, 0.29) is 12.5 Å². The molecule has 0 radical (unpaired) electrons. The summed E-state index contributed by atoms with van der Waals surface area (Å²) in [6, 6.07) is 0. The Hall–Kier alpha value is -1.10. The zero-order valence-electron chi connectivity index (χ0n) is 9.75. The van der Waals surface area contributed by atoms with Crippen LogP contribution in [0.25, 0.3) is 0 Å². The molecule has 5 nitrogen and oxygen atoms in total. The minimum Gasteiger partial charge on any atom is -0.375 e. The zero-order valence-corrected chi connectivity index (χ0v) is 9.75. The Balaban J connectivity index is 2.70. The molecule has 2 amide bonds. The number of carbonyl (C=O) groups is 2. The van der Waals surface area contributed by atoms with Crippen molar-refractivity contribution in [3.63, 3.8) is 0 Å². The Bertz CT molecular complexity index is 258. The summed E-state index contributed by atoms with van der Waals surface area (Å²) in [5.74, 6) is -0.706. The van der Waals surface area contributed by atoms with Gasteiger partial charge in [0.05, 0.1) is 0 Å². The SMILES string of the molecule is COCC(=O)NC1(C(N)=O)CCCCCC1. The van der Waals surface area contributed by atoms with Crippen LogP contribution in [0.3, 0.4) is 0 Å². The molecule has 0 saturated heterocycles. The summed E-state index contributed by atoms with van der Waals surface area (Å²) in [6.07, 6.45) is 5.31. The summed E-state index contributed by atoms with van der Waals surface area (Å²) in [4.78, 5) is 23.0. The summed E-state index contributed by atoms with van der Waals surface area (Å²) < 4.78 is 4.74. The van der Waals surface area contributed by atoms with E-state index in [1.165, 1.54) is 7.11 Å². The quantitative estimate of drug-likeness (QED) is 0.680. The number of rotatable bonds is 4. The van der Waals surface area contributed by atoms with E-state index < -0.39 is 11.4 Å². The number of amides is 2. The van der Waals surface area contributed by atoms with Gasteiger partial charge in [-0.05, 0) is 12.8 Å². The van der Waals surface area contributed by atoms with Crippen molar-refractivity contribution in [2.24, 2.45) is 5.73 Å². The number of hydrogen-bond donors (Lipinski definition) is 2. The molecule has 0 spiro atoms. The summed E-state index contributed by atoms with van der Waals surface area (Å²) in [5.41, 5.74) is 4.57. The summed E-state index contributed by atoms with van der Waals surface area (Å²) in [7, 11) is 1.45. The van der Waals surface area contributed by atoms with E-state index in [1.807, 2.05) is 0 Å². The first kappa shape index (κ1) is 13.0. The van der Waals surface area contributed by atoms with Crippen molar-refractivity contribution < 1.29 is 14.3 Å². The second kappa shape index (κ2) is 5.84. The van der Waals surface area contributed by atoms with Crippen molar-refractivity contribution >= 4 is 11.8 Å². The Morgan fingerprint density at radius 2 is 1.81 bits per heavy atom. The number of nitrogens with two attached hydrogens (primary N) is 1. The van der Waals surface area contributed by atoms with Gasteiger partial charge < -0.3 is 15.8 Å². The van der Waals surface area contributed by atoms with Crippen LogP contribution in [0.15, 0.2) is 0 Å². The monoisotopic (exact) mass is 228 g/mol. The van der Waals surface area contributed by atoms with Crippen molar-refractivity contribution in [2.75, 3.05) is 13.7 Å². The molecule has 0 bridgehead atoms. The van der Waals surface area contributed by atoms with Crippen LogP contribution in [-0.4, -0.2) is 31.1 Å². The highest BCUT2D eigenvalue weighted by atomic mass is 16.5. The van der Waals surface area contributed by atoms with Crippen molar-refractivity contribution in [3.8, 4) is 0 Å². The van der Waals surface area contributed by atoms with Gasteiger partial charge in [-0.15, -0.1) is 0 Å². The topological polar surface area (TPSA) is 81.4 Å². The van der Waals surface area contributed by atoms with Crippen LogP contribution in [0.5, 0.6) is 0 Å². The molecule has 0 aromatic carbocycles. The van der Waals surface area contributed by atoms with Crippen LogP contribution in [-0.2, 0) is 14.3 Å². The summed E-state index contributed by atoms with van der Waals surface area (Å²) in [6.45, 7) is -0.0327. The highest BCUT2D eigenvalue weighted by Crippen LogP contribution is 2.26. The molecule has 1 rings (SSSR count). The van der Waals surface area contributed by atoms with Gasteiger partial charge >= 0.3 is 0 Å². The Labute approximate surface area is 95.7 Å². The van der Waals surface area contributed by atoms with E-state index in [0.29, 0.717) is 12.8 Å². The normalized spacial score (nSPS) is 19.8. The van der Waals surface area contributed by atoms with E-state index in [0.717, 1.165) is 25.7 Å². The molecule has 1 fully saturated rings. The van der Waals surface area contributed by atoms with Crippen molar-refractivity contribution in [2.45, 2.75) is 44.1 Å². The lowest BCUT2D eigenvalue weighted by Gasteiger charge is -2.30. The van der Waals surface area contributed by atoms with Crippen LogP contribution >= 0.6 is 0 Å². The third-order valence-electron chi connectivity index (χ3n) is 3.08. The molecule has 0 aromatic rings. The fourth-order valence-electron chi connectivity index (χ4n) is 2.20. The smallest absolute Gasteiger partial charge is 0.246 e. The summed E-state index contributed by atoms with van der Waals surface area (Å²) in [5, 5.41) is 2.73. The standard InChI is InChI=1S/C11H20N2O3/c1-16-8-9(14)13-11(10(12)15)6-4-2-3-5-7-11/h2-8H2,1H3,(H2,12,15)(H,13,14). The van der Waals surface area contributed by atoms with Crippen molar-refractivity contribution in [3.05, 3.63) is 0 Å². The lowest BCUT2D eigenvalue weighted by atomic mass is 9.89. The van der Waals surface area contributed by atoms with Gasteiger partial charge in [-0.25, -0.2) is 0 Å². The molecule has 0 unspecified atom stereocenters. The van der Waals surface area contributed by atoms with E-state index >= 15 is 0 Å². The predicted octanol–water partition coefficient (Wildman–Crippen LogP) is 0.327.